The maximum absolute atomic E-state index is 10.4. The molecule has 134 valence electrons. The van der Waals surface area contributed by atoms with Gasteiger partial charge in [0.25, 0.3) is 0 Å². The van der Waals surface area contributed by atoms with Crippen LogP contribution >= 0.6 is 11.6 Å². The van der Waals surface area contributed by atoms with Gasteiger partial charge in [0.05, 0.1) is 0 Å². The molecule has 0 bridgehead atoms. The molecule has 1 atom stereocenters. The highest BCUT2D eigenvalue weighted by atomic mass is 35.5. The first kappa shape index (κ1) is 20.5. The van der Waals surface area contributed by atoms with Crippen molar-refractivity contribution in [2.75, 3.05) is 14.1 Å². The van der Waals surface area contributed by atoms with E-state index in [0.29, 0.717) is 22.3 Å². The first-order chi connectivity index (χ1) is 11.9. The summed E-state index contributed by atoms with van der Waals surface area (Å²) in [5.74, 6) is 0.993. The summed E-state index contributed by atoms with van der Waals surface area (Å²) in [6.07, 6.45) is 2.20. The molecule has 0 aromatic heterocycles. The van der Waals surface area contributed by atoms with Crippen molar-refractivity contribution >= 4 is 17.6 Å². The third-order valence-corrected chi connectivity index (χ3v) is 2.96. The van der Waals surface area contributed by atoms with Gasteiger partial charge in [0, 0.05) is 11.1 Å². The lowest BCUT2D eigenvalue weighted by Crippen LogP contribution is -2.08. The molecule has 0 aliphatic carbocycles. The molecule has 0 radical (unpaired) electrons. The number of ether oxygens (including phenoxy) is 2. The Labute approximate surface area is 152 Å². The van der Waals surface area contributed by atoms with Gasteiger partial charge < -0.3 is 19.9 Å². The van der Waals surface area contributed by atoms with Crippen molar-refractivity contribution in [3.05, 3.63) is 65.7 Å². The highest BCUT2D eigenvalue weighted by Gasteiger charge is 2.02. The van der Waals surface area contributed by atoms with E-state index in [0.717, 1.165) is 6.08 Å². The van der Waals surface area contributed by atoms with Crippen LogP contribution < -0.4 is 14.8 Å². The predicted octanol–water partition coefficient (Wildman–Crippen LogP) is 4.38. The molecule has 2 N–H and O–H groups in total. The average Bonchev–Trinajstić information content (AvgIpc) is 2.58. The number of hydrogen-bond donors (Lipinski definition) is 2. The molecule has 0 saturated carbocycles. The number of halogens is 1. The lowest BCUT2D eigenvalue weighted by Gasteiger charge is -2.11. The largest absolute Gasteiger partial charge is 0.487 e. The Bertz CT molecular complexity index is 669. The average molecular weight is 364 g/mol. The van der Waals surface area contributed by atoms with Gasteiger partial charge in [-0.1, -0.05) is 11.6 Å². The zero-order chi connectivity index (χ0) is 18.7. The first-order valence-electron chi connectivity index (χ1n) is 7.64. The van der Waals surface area contributed by atoms with E-state index in [9.17, 15) is 4.79 Å². The standard InChI is InChI=1S/C17H15ClO4.C2H7N/c1-12(2-11-17(19)20)21-14-7-9-16(10-8-14)22-15-5-3-13(18)4-6-15;1-3-2/h2-12H,1H3,(H,19,20);3H,1-2H3. The minimum absolute atomic E-state index is 0.334. The van der Waals surface area contributed by atoms with E-state index >= 15 is 0 Å². The summed E-state index contributed by atoms with van der Waals surface area (Å²) < 4.78 is 11.2. The number of rotatable bonds is 6. The summed E-state index contributed by atoms with van der Waals surface area (Å²) in [6, 6.07) is 14.1. The second-order valence-corrected chi connectivity index (χ2v) is 5.48. The van der Waals surface area contributed by atoms with E-state index in [2.05, 4.69) is 5.32 Å². The topological polar surface area (TPSA) is 67.8 Å². The van der Waals surface area contributed by atoms with Crippen molar-refractivity contribution in [1.29, 1.82) is 0 Å². The molecule has 1 unspecified atom stereocenters. The van der Waals surface area contributed by atoms with Crippen LogP contribution in [0.5, 0.6) is 17.2 Å². The Kier molecular flexibility index (Phi) is 9.14. The number of aliphatic carboxylic acids is 1. The molecule has 25 heavy (non-hydrogen) atoms. The minimum atomic E-state index is -0.998. The zero-order valence-corrected chi connectivity index (χ0v) is 15.2. The Morgan fingerprint density at radius 1 is 1.04 bits per heavy atom. The van der Waals surface area contributed by atoms with E-state index < -0.39 is 5.97 Å². The van der Waals surface area contributed by atoms with Crippen molar-refractivity contribution in [3.8, 4) is 17.2 Å². The number of carbonyl (C=O) groups is 1. The monoisotopic (exact) mass is 363 g/mol. The second kappa shape index (κ2) is 11.1. The summed E-state index contributed by atoms with van der Waals surface area (Å²) in [7, 11) is 3.75. The maximum Gasteiger partial charge on any atom is 0.328 e. The molecule has 0 saturated heterocycles. The van der Waals surface area contributed by atoms with Crippen LogP contribution in [0.2, 0.25) is 5.02 Å². The molecule has 0 aliphatic heterocycles. The number of carboxylic acid groups (broad SMARTS) is 1. The van der Waals surface area contributed by atoms with Crippen LogP contribution in [0.4, 0.5) is 0 Å². The van der Waals surface area contributed by atoms with Crippen LogP contribution in [-0.2, 0) is 4.79 Å². The van der Waals surface area contributed by atoms with Crippen LogP contribution in [0.1, 0.15) is 6.92 Å². The third kappa shape index (κ3) is 8.79. The molecule has 6 heteroatoms. The Morgan fingerprint density at radius 3 is 1.96 bits per heavy atom. The summed E-state index contributed by atoms with van der Waals surface area (Å²) in [5.41, 5.74) is 0. The van der Waals surface area contributed by atoms with Crippen molar-refractivity contribution in [2.24, 2.45) is 0 Å². The molecule has 0 heterocycles. The van der Waals surface area contributed by atoms with E-state index in [1.54, 1.807) is 55.5 Å². The molecular formula is C19H22ClNO4. The number of nitrogens with one attached hydrogen (secondary N) is 1. The fourth-order valence-corrected chi connectivity index (χ4v) is 1.82. The summed E-state index contributed by atoms with van der Waals surface area (Å²) in [4.78, 5) is 10.4. The lowest BCUT2D eigenvalue weighted by molar-refractivity contribution is -0.131. The van der Waals surface area contributed by atoms with Crippen LogP contribution in [0.3, 0.4) is 0 Å². The molecule has 2 aromatic carbocycles. The number of benzene rings is 2. The maximum atomic E-state index is 10.4. The lowest BCUT2D eigenvalue weighted by atomic mass is 10.3. The van der Waals surface area contributed by atoms with E-state index in [1.807, 2.05) is 14.1 Å². The molecule has 0 aliphatic rings. The quantitative estimate of drug-likeness (QED) is 0.745. The SMILES string of the molecule is CC(C=CC(=O)O)Oc1ccc(Oc2ccc(Cl)cc2)cc1.CNC. The van der Waals surface area contributed by atoms with Gasteiger partial charge in [-0.25, -0.2) is 4.79 Å². The van der Waals surface area contributed by atoms with Gasteiger partial charge in [0.1, 0.15) is 23.4 Å². The fourth-order valence-electron chi connectivity index (χ4n) is 1.70. The van der Waals surface area contributed by atoms with Gasteiger partial charge in [-0.2, -0.15) is 0 Å². The highest BCUT2D eigenvalue weighted by molar-refractivity contribution is 6.30. The Balaban J connectivity index is 0.000000970. The zero-order valence-electron chi connectivity index (χ0n) is 14.4. The van der Waals surface area contributed by atoms with Gasteiger partial charge in [0.2, 0.25) is 0 Å². The number of hydrogen-bond acceptors (Lipinski definition) is 4. The molecule has 0 fully saturated rings. The predicted molar refractivity (Wildman–Crippen MR) is 99.8 cm³/mol. The summed E-state index contributed by atoms with van der Waals surface area (Å²) in [5, 5.41) is 12.0. The Morgan fingerprint density at radius 2 is 1.48 bits per heavy atom. The van der Waals surface area contributed by atoms with Gasteiger partial charge in [0.15, 0.2) is 0 Å². The van der Waals surface area contributed by atoms with Gasteiger partial charge in [-0.3, -0.25) is 0 Å². The van der Waals surface area contributed by atoms with Crippen LogP contribution in [-0.4, -0.2) is 31.3 Å². The van der Waals surface area contributed by atoms with Crippen LogP contribution in [0.15, 0.2) is 60.7 Å². The van der Waals surface area contributed by atoms with Crippen LogP contribution in [0.25, 0.3) is 0 Å². The normalized spacial score (nSPS) is 11.4. The van der Waals surface area contributed by atoms with Crippen molar-refractivity contribution in [3.63, 3.8) is 0 Å². The van der Waals surface area contributed by atoms with Gasteiger partial charge >= 0.3 is 5.97 Å². The third-order valence-electron chi connectivity index (χ3n) is 2.70. The molecule has 2 rings (SSSR count). The Hall–Kier alpha value is -2.50. The van der Waals surface area contributed by atoms with Crippen molar-refractivity contribution in [2.45, 2.75) is 13.0 Å². The fraction of sp³-hybridized carbons (Fsp3) is 0.211. The molecular weight excluding hydrogens is 342 g/mol. The molecule has 5 nitrogen and oxygen atoms in total. The van der Waals surface area contributed by atoms with Crippen molar-refractivity contribution < 1.29 is 19.4 Å². The molecule has 0 amide bonds. The number of carboxylic acids is 1. The molecule has 2 aromatic rings. The van der Waals surface area contributed by atoms with Gasteiger partial charge in [-0.05, 0) is 75.6 Å². The van der Waals surface area contributed by atoms with Crippen molar-refractivity contribution in [1.82, 2.24) is 5.32 Å². The summed E-state index contributed by atoms with van der Waals surface area (Å²) in [6.45, 7) is 1.76. The van der Waals surface area contributed by atoms with E-state index in [4.69, 9.17) is 26.2 Å². The minimum Gasteiger partial charge on any atom is -0.487 e. The highest BCUT2D eigenvalue weighted by Crippen LogP contribution is 2.25. The summed E-state index contributed by atoms with van der Waals surface area (Å²) >= 11 is 5.81. The smallest absolute Gasteiger partial charge is 0.328 e. The van der Waals surface area contributed by atoms with E-state index in [1.165, 1.54) is 6.08 Å². The van der Waals surface area contributed by atoms with E-state index in [-0.39, 0.29) is 6.10 Å². The first-order valence-corrected chi connectivity index (χ1v) is 8.02. The molecule has 0 spiro atoms. The van der Waals surface area contributed by atoms with Crippen LogP contribution in [0, 0.1) is 0 Å². The van der Waals surface area contributed by atoms with Gasteiger partial charge in [-0.15, -0.1) is 0 Å². The second-order valence-electron chi connectivity index (χ2n) is 5.05.